The van der Waals surface area contributed by atoms with E-state index < -0.39 is 22.2 Å². The normalized spacial score (nSPS) is 20.7. The Hall–Kier alpha value is -2.37. The smallest absolute Gasteiger partial charge is 0.241 e. The number of fused-ring (bicyclic) bond motifs is 1. The van der Waals surface area contributed by atoms with E-state index in [-0.39, 0.29) is 5.91 Å². The summed E-state index contributed by atoms with van der Waals surface area (Å²) < 4.78 is 19.9. The van der Waals surface area contributed by atoms with Crippen LogP contribution >= 0.6 is 10.6 Å². The van der Waals surface area contributed by atoms with E-state index in [1.165, 1.54) is 0 Å². The van der Waals surface area contributed by atoms with Crippen LogP contribution in [-0.2, 0) is 22.7 Å². The number of hydrogen-bond donors (Lipinski definition) is 4. The quantitative estimate of drug-likeness (QED) is 0.578. The van der Waals surface area contributed by atoms with Crippen LogP contribution in [0, 0.1) is 11.3 Å². The highest BCUT2D eigenvalue weighted by Crippen LogP contribution is 2.53. The van der Waals surface area contributed by atoms with Gasteiger partial charge in [-0.2, -0.15) is 15.9 Å². The molecule has 0 saturated heterocycles. The van der Waals surface area contributed by atoms with Gasteiger partial charge in [0.15, 0.2) is 0 Å². The standard InChI is InChI=1S/C23H27N3O3S/c24-13-21(26-22(27)23(25)9-1-2-10-23)11-16-3-5-17(6-4-16)18-7-8-19-14-30(28,29)15-20(19)12-18/h3-8,12,21,28-29H,1-2,9-11,14-15,25H2,(H,26,27)/t21-/m0/s1. The Kier molecular flexibility index (Phi) is 5.60. The van der Waals surface area contributed by atoms with E-state index in [1.807, 2.05) is 42.5 Å². The number of benzene rings is 2. The lowest BCUT2D eigenvalue weighted by molar-refractivity contribution is -0.126. The summed E-state index contributed by atoms with van der Waals surface area (Å²) in [6.45, 7) is 0. The number of amides is 1. The summed E-state index contributed by atoms with van der Waals surface area (Å²) >= 11 is 0. The first kappa shape index (κ1) is 20.9. The van der Waals surface area contributed by atoms with Gasteiger partial charge < -0.3 is 11.1 Å². The molecular formula is C23H27N3O3S. The van der Waals surface area contributed by atoms with Crippen LogP contribution in [0.25, 0.3) is 11.1 Å². The fraction of sp³-hybridized carbons (Fsp3) is 0.391. The van der Waals surface area contributed by atoms with Gasteiger partial charge in [0.25, 0.3) is 0 Å². The monoisotopic (exact) mass is 425 g/mol. The van der Waals surface area contributed by atoms with Crippen molar-refractivity contribution in [1.29, 1.82) is 5.26 Å². The zero-order chi connectivity index (χ0) is 21.4. The SMILES string of the molecule is N#C[C@H](Cc1ccc(-c2ccc3c(c2)CS(O)(O)C3)cc1)NC(=O)C1(N)CCCC1. The highest BCUT2D eigenvalue weighted by atomic mass is 32.3. The van der Waals surface area contributed by atoms with Crippen LogP contribution in [0.3, 0.4) is 0 Å². The first-order valence-electron chi connectivity index (χ1n) is 10.2. The molecule has 4 rings (SSSR count). The molecule has 1 amide bonds. The third-order valence-corrected chi connectivity index (χ3v) is 7.66. The molecule has 158 valence electrons. The maximum absolute atomic E-state index is 12.5. The van der Waals surface area contributed by atoms with Crippen LogP contribution in [0.4, 0.5) is 0 Å². The number of nitriles is 1. The fourth-order valence-corrected chi connectivity index (χ4v) is 6.01. The van der Waals surface area contributed by atoms with E-state index >= 15 is 0 Å². The molecule has 1 saturated carbocycles. The van der Waals surface area contributed by atoms with Crippen molar-refractivity contribution in [3.05, 3.63) is 59.2 Å². The van der Waals surface area contributed by atoms with E-state index in [4.69, 9.17) is 5.73 Å². The highest BCUT2D eigenvalue weighted by Gasteiger charge is 2.37. The second kappa shape index (κ2) is 8.05. The Morgan fingerprint density at radius 3 is 2.40 bits per heavy atom. The van der Waals surface area contributed by atoms with Crippen molar-refractivity contribution < 1.29 is 13.9 Å². The minimum absolute atomic E-state index is 0.229. The van der Waals surface area contributed by atoms with E-state index in [1.54, 1.807) is 0 Å². The molecule has 0 aromatic heterocycles. The molecular weight excluding hydrogens is 398 g/mol. The van der Waals surface area contributed by atoms with Crippen molar-refractivity contribution in [2.24, 2.45) is 5.73 Å². The first-order valence-corrected chi connectivity index (χ1v) is 12.1. The third-order valence-electron chi connectivity index (χ3n) is 6.12. The predicted molar refractivity (Wildman–Crippen MR) is 119 cm³/mol. The Balaban J connectivity index is 1.42. The number of carbonyl (C=O) groups excluding carboxylic acids is 1. The van der Waals surface area contributed by atoms with E-state index in [0.717, 1.165) is 40.7 Å². The van der Waals surface area contributed by atoms with Gasteiger partial charge in [-0.15, -0.1) is 0 Å². The van der Waals surface area contributed by atoms with E-state index in [9.17, 15) is 19.2 Å². The summed E-state index contributed by atoms with van der Waals surface area (Å²) in [6, 6.07) is 15.4. The van der Waals surface area contributed by atoms with E-state index in [2.05, 4.69) is 11.4 Å². The van der Waals surface area contributed by atoms with Crippen LogP contribution in [0.15, 0.2) is 42.5 Å². The van der Waals surface area contributed by atoms with Gasteiger partial charge in [0, 0.05) is 6.42 Å². The average Bonchev–Trinajstić information content (AvgIpc) is 3.29. The van der Waals surface area contributed by atoms with Gasteiger partial charge in [0.1, 0.15) is 6.04 Å². The number of rotatable bonds is 5. The number of nitrogens with zero attached hydrogens (tertiary/aromatic N) is 1. The van der Waals surface area contributed by atoms with Crippen LogP contribution < -0.4 is 11.1 Å². The number of hydrogen-bond acceptors (Lipinski definition) is 5. The summed E-state index contributed by atoms with van der Waals surface area (Å²) in [5.41, 5.74) is 10.3. The van der Waals surface area contributed by atoms with Gasteiger partial charge in [0.2, 0.25) is 5.91 Å². The zero-order valence-corrected chi connectivity index (χ0v) is 17.6. The molecule has 6 nitrogen and oxygen atoms in total. The second-order valence-corrected chi connectivity index (χ2v) is 10.7. The number of nitrogens with one attached hydrogen (secondary N) is 1. The van der Waals surface area contributed by atoms with E-state index in [0.29, 0.717) is 30.8 Å². The third kappa shape index (κ3) is 4.37. The molecule has 0 radical (unpaired) electrons. The van der Waals surface area contributed by atoms with Gasteiger partial charge in [-0.1, -0.05) is 49.2 Å². The van der Waals surface area contributed by atoms with Crippen molar-refractivity contribution in [2.45, 2.75) is 55.2 Å². The fourth-order valence-electron chi connectivity index (χ4n) is 4.36. The zero-order valence-electron chi connectivity index (χ0n) is 16.8. The van der Waals surface area contributed by atoms with Gasteiger partial charge in [-0.05, 0) is 46.7 Å². The van der Waals surface area contributed by atoms with Gasteiger partial charge in [-0.25, -0.2) is 0 Å². The van der Waals surface area contributed by atoms with Crippen molar-refractivity contribution >= 4 is 16.5 Å². The van der Waals surface area contributed by atoms with Crippen molar-refractivity contribution in [2.75, 3.05) is 0 Å². The van der Waals surface area contributed by atoms with Crippen LogP contribution in [-0.4, -0.2) is 26.6 Å². The lowest BCUT2D eigenvalue weighted by atomic mass is 9.96. The molecule has 1 aliphatic heterocycles. The summed E-state index contributed by atoms with van der Waals surface area (Å²) in [7, 11) is -2.52. The minimum Gasteiger partial charge on any atom is -0.338 e. The van der Waals surface area contributed by atoms with Crippen LogP contribution in [0.1, 0.15) is 42.4 Å². The number of carbonyl (C=O) groups is 1. The summed E-state index contributed by atoms with van der Waals surface area (Å²) in [5.74, 6) is 0.431. The minimum atomic E-state index is -2.52. The van der Waals surface area contributed by atoms with Crippen LogP contribution in [0.5, 0.6) is 0 Å². The Morgan fingerprint density at radius 2 is 1.73 bits per heavy atom. The van der Waals surface area contributed by atoms with Gasteiger partial charge in [-0.3, -0.25) is 13.9 Å². The summed E-state index contributed by atoms with van der Waals surface area (Å²) in [6.07, 6.45) is 3.65. The molecule has 7 heteroatoms. The molecule has 2 aromatic rings. The van der Waals surface area contributed by atoms with Crippen LogP contribution in [0.2, 0.25) is 0 Å². The Morgan fingerprint density at radius 1 is 1.10 bits per heavy atom. The Bertz CT molecular complexity index is 992. The molecule has 1 aliphatic carbocycles. The largest absolute Gasteiger partial charge is 0.338 e. The first-order chi connectivity index (χ1) is 14.3. The van der Waals surface area contributed by atoms with Crippen molar-refractivity contribution in [3.8, 4) is 17.2 Å². The van der Waals surface area contributed by atoms with Crippen molar-refractivity contribution in [3.63, 3.8) is 0 Å². The molecule has 2 aromatic carbocycles. The molecule has 2 aliphatic rings. The highest BCUT2D eigenvalue weighted by molar-refractivity contribution is 8.23. The summed E-state index contributed by atoms with van der Waals surface area (Å²) in [4.78, 5) is 12.5. The lowest BCUT2D eigenvalue weighted by Gasteiger charge is -2.25. The molecule has 0 unspecified atom stereocenters. The maximum Gasteiger partial charge on any atom is 0.241 e. The molecule has 5 N–H and O–H groups in total. The molecule has 1 heterocycles. The Labute approximate surface area is 178 Å². The number of nitrogens with two attached hydrogens (primary N) is 1. The maximum atomic E-state index is 12.5. The molecule has 30 heavy (non-hydrogen) atoms. The molecule has 1 fully saturated rings. The lowest BCUT2D eigenvalue weighted by Crippen LogP contribution is -2.54. The second-order valence-electron chi connectivity index (χ2n) is 8.49. The topological polar surface area (TPSA) is 119 Å². The predicted octanol–water partition coefficient (Wildman–Crippen LogP) is 3.94. The summed E-state index contributed by atoms with van der Waals surface area (Å²) in [5, 5.41) is 12.3. The average molecular weight is 426 g/mol. The van der Waals surface area contributed by atoms with Crippen molar-refractivity contribution in [1.82, 2.24) is 5.32 Å². The van der Waals surface area contributed by atoms with Gasteiger partial charge in [0.05, 0.1) is 23.1 Å². The molecule has 0 spiro atoms. The van der Waals surface area contributed by atoms with Gasteiger partial charge >= 0.3 is 0 Å². The molecule has 1 atom stereocenters. The molecule has 0 bridgehead atoms.